The Morgan fingerprint density at radius 1 is 0.690 bits per heavy atom. The molecule has 0 spiro atoms. The fourth-order valence-electron chi connectivity index (χ4n) is 13.4. The third kappa shape index (κ3) is 6.25. The van der Waals surface area contributed by atoms with E-state index in [1.807, 2.05) is 26.8 Å². The SMILES string of the molecule is CC1(C)C(OC2OC(C(=O)O)C(O)C(O)C2OC2OC(C(=O)O)C(O)C(O)C2O)CC[C@@]2(C)[C@H]1CC[C@]1(C)[C@H]2C(=O)C=C2[C@H]3C[C@@](C)(C(=O)O)CC[C@]3(C)CC[C@]21C. The summed E-state index contributed by atoms with van der Waals surface area (Å²) in [5.74, 6) is -4.47. The maximum absolute atomic E-state index is 14.8. The van der Waals surface area contributed by atoms with Gasteiger partial charge in [-0.05, 0) is 110 Å². The average Bonchev–Trinajstić information content (AvgIpc) is 3.13. The van der Waals surface area contributed by atoms with E-state index < -0.39 is 107 Å². The highest BCUT2D eigenvalue weighted by molar-refractivity contribution is 5.95. The Morgan fingerprint density at radius 3 is 1.88 bits per heavy atom. The quantitative estimate of drug-likeness (QED) is 0.171. The van der Waals surface area contributed by atoms with Gasteiger partial charge in [0.25, 0.3) is 0 Å². The summed E-state index contributed by atoms with van der Waals surface area (Å²) in [5.41, 5.74) is -1.81. The van der Waals surface area contributed by atoms with Gasteiger partial charge in [-0.3, -0.25) is 9.59 Å². The van der Waals surface area contributed by atoms with Crippen LogP contribution in [0.3, 0.4) is 0 Å². The van der Waals surface area contributed by atoms with Gasteiger partial charge < -0.3 is 59.8 Å². The number of aliphatic hydroxyl groups is 5. The van der Waals surface area contributed by atoms with Crippen LogP contribution in [0.15, 0.2) is 11.6 Å². The van der Waals surface area contributed by atoms with Gasteiger partial charge >= 0.3 is 17.9 Å². The largest absolute Gasteiger partial charge is 0.481 e. The van der Waals surface area contributed by atoms with E-state index in [1.54, 1.807) is 0 Å². The van der Waals surface area contributed by atoms with Gasteiger partial charge in [0, 0.05) is 5.92 Å². The molecule has 0 aromatic carbocycles. The van der Waals surface area contributed by atoms with Crippen LogP contribution in [0.25, 0.3) is 0 Å². The molecule has 5 aliphatic carbocycles. The molecular formula is C42H62O16. The minimum atomic E-state index is -2.05. The Hall–Kier alpha value is -2.54. The highest BCUT2D eigenvalue weighted by Crippen LogP contribution is 2.75. The lowest BCUT2D eigenvalue weighted by Gasteiger charge is -2.70. The molecule has 58 heavy (non-hydrogen) atoms. The van der Waals surface area contributed by atoms with Gasteiger partial charge in [-0.2, -0.15) is 0 Å². The molecule has 16 nitrogen and oxygen atoms in total. The number of carbonyl (C=O) groups is 4. The monoisotopic (exact) mass is 822 g/mol. The number of carboxylic acids is 3. The Kier molecular flexibility index (Phi) is 10.7. The van der Waals surface area contributed by atoms with Crippen molar-refractivity contribution in [3.05, 3.63) is 11.6 Å². The topological polar surface area (TPSA) is 267 Å². The predicted molar refractivity (Wildman–Crippen MR) is 199 cm³/mol. The van der Waals surface area contributed by atoms with Crippen LogP contribution in [0.1, 0.15) is 106 Å². The van der Waals surface area contributed by atoms with Crippen molar-refractivity contribution >= 4 is 23.7 Å². The van der Waals surface area contributed by atoms with Gasteiger partial charge in [0.1, 0.15) is 36.6 Å². The van der Waals surface area contributed by atoms with Crippen molar-refractivity contribution in [2.45, 2.75) is 174 Å². The number of carbonyl (C=O) groups excluding carboxylic acids is 1. The normalized spacial score (nSPS) is 52.6. The molecule has 326 valence electrons. The van der Waals surface area contributed by atoms with Crippen molar-refractivity contribution in [2.75, 3.05) is 0 Å². The second kappa shape index (κ2) is 14.3. The molecule has 16 heteroatoms. The summed E-state index contributed by atoms with van der Waals surface area (Å²) in [7, 11) is 0. The van der Waals surface area contributed by atoms with Crippen LogP contribution < -0.4 is 0 Å². The molecule has 7 rings (SSSR count). The number of aliphatic hydroxyl groups excluding tert-OH is 5. The van der Waals surface area contributed by atoms with Crippen molar-refractivity contribution in [1.82, 2.24) is 0 Å². The summed E-state index contributed by atoms with van der Waals surface area (Å²) < 4.78 is 23.4. The van der Waals surface area contributed by atoms with E-state index in [-0.39, 0.29) is 34.4 Å². The molecule has 0 aromatic rings. The van der Waals surface area contributed by atoms with Crippen LogP contribution in [0.2, 0.25) is 0 Å². The van der Waals surface area contributed by atoms with E-state index in [0.29, 0.717) is 25.7 Å². The lowest BCUT2D eigenvalue weighted by atomic mass is 9.33. The van der Waals surface area contributed by atoms with Crippen molar-refractivity contribution in [3.8, 4) is 0 Å². The highest BCUT2D eigenvalue weighted by Gasteiger charge is 2.71. The molecule has 2 heterocycles. The van der Waals surface area contributed by atoms with Crippen molar-refractivity contribution in [1.29, 1.82) is 0 Å². The molecule has 2 aliphatic heterocycles. The Bertz CT molecular complexity index is 1730. The van der Waals surface area contributed by atoms with Gasteiger partial charge in [0.15, 0.2) is 30.6 Å². The summed E-state index contributed by atoms with van der Waals surface area (Å²) in [5, 5.41) is 83.0. The molecule has 0 amide bonds. The first-order valence-corrected chi connectivity index (χ1v) is 20.7. The van der Waals surface area contributed by atoms with E-state index in [1.165, 1.54) is 0 Å². The molecule has 0 aromatic heterocycles. The molecule has 19 atom stereocenters. The number of carboxylic acid groups (broad SMARTS) is 3. The Morgan fingerprint density at radius 2 is 1.28 bits per heavy atom. The number of ketones is 1. The number of aliphatic carboxylic acids is 3. The second-order valence-electron chi connectivity index (χ2n) is 20.6. The van der Waals surface area contributed by atoms with Crippen LogP contribution in [0, 0.1) is 50.2 Å². The van der Waals surface area contributed by atoms with E-state index in [9.17, 15) is 60.0 Å². The fourth-order valence-corrected chi connectivity index (χ4v) is 13.4. The molecule has 4 saturated carbocycles. The maximum atomic E-state index is 14.8. The number of rotatable bonds is 7. The van der Waals surface area contributed by atoms with Gasteiger partial charge in [0.2, 0.25) is 0 Å². The molecule has 7 aliphatic rings. The van der Waals surface area contributed by atoms with Gasteiger partial charge in [-0.25, -0.2) is 9.59 Å². The average molecular weight is 823 g/mol. The number of ether oxygens (including phenoxy) is 4. The lowest BCUT2D eigenvalue weighted by molar-refractivity contribution is -0.371. The zero-order valence-corrected chi connectivity index (χ0v) is 34.4. The summed E-state index contributed by atoms with van der Waals surface area (Å²) in [6.07, 6.45) is -12.2. The smallest absolute Gasteiger partial charge is 0.335 e. The molecule has 0 bridgehead atoms. The number of fused-ring (bicyclic) bond motifs is 7. The summed E-state index contributed by atoms with van der Waals surface area (Å²) in [6, 6.07) is 0. The van der Waals surface area contributed by atoms with Crippen molar-refractivity contribution in [3.63, 3.8) is 0 Å². The van der Waals surface area contributed by atoms with Crippen LogP contribution in [-0.4, -0.2) is 132 Å². The zero-order chi connectivity index (χ0) is 42.9. The van der Waals surface area contributed by atoms with Gasteiger partial charge in [0.05, 0.1) is 11.5 Å². The van der Waals surface area contributed by atoms with E-state index >= 15 is 0 Å². The second-order valence-corrected chi connectivity index (χ2v) is 20.6. The van der Waals surface area contributed by atoms with Gasteiger partial charge in [-0.15, -0.1) is 0 Å². The summed E-state index contributed by atoms with van der Waals surface area (Å²) in [4.78, 5) is 51.3. The predicted octanol–water partition coefficient (Wildman–Crippen LogP) is 2.25. The Balaban J connectivity index is 1.17. The number of allylic oxidation sites excluding steroid dienone is 2. The summed E-state index contributed by atoms with van der Waals surface area (Å²) >= 11 is 0. The first-order valence-electron chi connectivity index (χ1n) is 20.7. The maximum Gasteiger partial charge on any atom is 0.335 e. The van der Waals surface area contributed by atoms with Crippen molar-refractivity contribution in [2.24, 2.45) is 50.2 Å². The van der Waals surface area contributed by atoms with Gasteiger partial charge in [-0.1, -0.05) is 47.1 Å². The summed E-state index contributed by atoms with van der Waals surface area (Å²) in [6.45, 7) is 14.8. The number of hydrogen-bond acceptors (Lipinski definition) is 13. The molecule has 6 fully saturated rings. The first kappa shape index (κ1) is 43.5. The third-order valence-corrected chi connectivity index (χ3v) is 17.2. The standard InChI is InChI=1S/C42H62O16/c1-37(2)21-8-11-42(7)31(20(43)16-18-19-17-39(4,36(53)54)13-12-38(19,3)14-15-41(18,42)6)40(21,5)10-9-22(37)55-35-30(26(47)25(46)29(57-35)33(51)52)58-34-27(48)23(44)24(45)28(56-34)32(49)50/h16,19,21-31,34-35,44-48H,8-15,17H2,1-7H3,(H,49,50)(H,51,52)(H,53,54)/t19-,21+,22?,23?,24?,25?,26?,27?,28?,29?,30?,31+,34?,35?,38-,39+,40+,41-,42-/m1/s1. The molecule has 2 saturated heterocycles. The van der Waals surface area contributed by atoms with Crippen molar-refractivity contribution < 1.29 is 79.0 Å². The van der Waals surface area contributed by atoms with E-state index in [2.05, 4.69) is 27.7 Å². The van der Waals surface area contributed by atoms with Crippen LogP contribution in [0.4, 0.5) is 0 Å². The van der Waals surface area contributed by atoms with E-state index in [4.69, 9.17) is 18.9 Å². The third-order valence-electron chi connectivity index (χ3n) is 17.2. The highest BCUT2D eigenvalue weighted by atomic mass is 16.8. The zero-order valence-electron chi connectivity index (χ0n) is 34.4. The Labute approximate surface area is 337 Å². The first-order chi connectivity index (χ1) is 26.8. The molecular weight excluding hydrogens is 760 g/mol. The molecule has 8 N–H and O–H groups in total. The fraction of sp³-hybridized carbons (Fsp3) is 0.857. The van der Waals surface area contributed by atoms with Crippen LogP contribution >= 0.6 is 0 Å². The van der Waals surface area contributed by atoms with Crippen LogP contribution in [-0.2, 0) is 38.1 Å². The lowest BCUT2D eigenvalue weighted by Crippen LogP contribution is -2.68. The molecule has 11 unspecified atom stereocenters. The molecule has 0 radical (unpaired) electrons. The minimum Gasteiger partial charge on any atom is -0.481 e. The van der Waals surface area contributed by atoms with Crippen LogP contribution in [0.5, 0.6) is 0 Å². The van der Waals surface area contributed by atoms with E-state index in [0.717, 1.165) is 37.7 Å². The minimum absolute atomic E-state index is 0.0217. The number of hydrogen-bond donors (Lipinski definition) is 8.